The fourth-order valence-corrected chi connectivity index (χ4v) is 4.02. The van der Waals surface area contributed by atoms with E-state index in [1.165, 1.54) is 59.9 Å². The first-order valence-corrected chi connectivity index (χ1v) is 10.5. The Morgan fingerprint density at radius 2 is 1.61 bits per heavy atom. The van der Waals surface area contributed by atoms with Crippen LogP contribution in [0.1, 0.15) is 56.2 Å². The summed E-state index contributed by atoms with van der Waals surface area (Å²) >= 11 is 0. The van der Waals surface area contributed by atoms with Gasteiger partial charge in [-0.05, 0) is 60.1 Å². The van der Waals surface area contributed by atoms with Gasteiger partial charge in [0.2, 0.25) is 0 Å². The Hall–Kier alpha value is -2.68. The van der Waals surface area contributed by atoms with E-state index in [1.54, 1.807) is 12.4 Å². The summed E-state index contributed by atoms with van der Waals surface area (Å²) < 4.78 is 5.44. The van der Waals surface area contributed by atoms with Crippen molar-refractivity contribution in [3.8, 4) is 28.3 Å². The van der Waals surface area contributed by atoms with Crippen LogP contribution in [0.4, 0.5) is 0 Å². The van der Waals surface area contributed by atoms with Crippen LogP contribution in [0.25, 0.3) is 22.5 Å². The molecular formula is C25H28N2O. The molecule has 0 radical (unpaired) electrons. The second-order valence-corrected chi connectivity index (χ2v) is 7.53. The summed E-state index contributed by atoms with van der Waals surface area (Å²) in [5.41, 5.74) is 8.08. The molecule has 0 saturated heterocycles. The van der Waals surface area contributed by atoms with Crippen LogP contribution in [-0.4, -0.2) is 16.6 Å². The average Bonchev–Trinajstić information content (AvgIpc) is 3.09. The third-order valence-corrected chi connectivity index (χ3v) is 5.46. The molecule has 3 aromatic rings. The molecule has 1 heterocycles. The summed E-state index contributed by atoms with van der Waals surface area (Å²) in [5.74, 6) is 1.46. The van der Waals surface area contributed by atoms with E-state index in [9.17, 15) is 0 Å². The van der Waals surface area contributed by atoms with Crippen molar-refractivity contribution >= 4 is 0 Å². The highest BCUT2D eigenvalue weighted by molar-refractivity contribution is 5.79. The predicted molar refractivity (Wildman–Crippen MR) is 115 cm³/mol. The number of aromatic nitrogens is 2. The normalized spacial score (nSPS) is 11.9. The smallest absolute Gasteiger partial charge is 0.159 e. The summed E-state index contributed by atoms with van der Waals surface area (Å²) in [4.78, 5) is 8.94. The Balaban J connectivity index is 1.51. The van der Waals surface area contributed by atoms with E-state index in [-0.39, 0.29) is 0 Å². The molecule has 0 bridgehead atoms. The molecule has 0 atom stereocenters. The Morgan fingerprint density at radius 3 is 2.36 bits per heavy atom. The minimum absolute atomic E-state index is 0.625. The zero-order chi connectivity index (χ0) is 19.3. The molecule has 1 aromatic heterocycles. The van der Waals surface area contributed by atoms with Gasteiger partial charge >= 0.3 is 0 Å². The maximum Gasteiger partial charge on any atom is 0.159 e. The van der Waals surface area contributed by atoms with Crippen molar-refractivity contribution in [1.82, 2.24) is 9.97 Å². The molecule has 0 fully saturated rings. The van der Waals surface area contributed by atoms with Gasteiger partial charge in [-0.1, -0.05) is 56.5 Å². The van der Waals surface area contributed by atoms with E-state index < -0.39 is 0 Å². The number of rotatable bonds is 8. The standard InChI is InChI=1S/C25H28N2O/c1-3-5-6-7-8-18-9-11-23-20(13-18)15-21-14-19(10-12-24(21)23)25-26-16-22(17-27-25)28-4-2/h9-14,16-17H,3-8,15H2,1-2H3. The molecule has 0 N–H and O–H groups in total. The lowest BCUT2D eigenvalue weighted by Gasteiger charge is -2.06. The number of fused-ring (bicyclic) bond motifs is 3. The summed E-state index contributed by atoms with van der Waals surface area (Å²) in [5, 5.41) is 0. The van der Waals surface area contributed by atoms with Gasteiger partial charge in [-0.3, -0.25) is 0 Å². The zero-order valence-corrected chi connectivity index (χ0v) is 16.9. The first-order valence-electron chi connectivity index (χ1n) is 10.5. The Morgan fingerprint density at radius 1 is 0.857 bits per heavy atom. The number of benzene rings is 2. The topological polar surface area (TPSA) is 35.0 Å². The second-order valence-electron chi connectivity index (χ2n) is 7.53. The van der Waals surface area contributed by atoms with Crippen LogP contribution in [-0.2, 0) is 12.8 Å². The van der Waals surface area contributed by atoms with Crippen molar-refractivity contribution in [1.29, 1.82) is 0 Å². The van der Waals surface area contributed by atoms with E-state index in [0.717, 1.165) is 17.8 Å². The summed E-state index contributed by atoms with van der Waals surface area (Å²) in [6, 6.07) is 13.6. The maximum atomic E-state index is 5.44. The lowest BCUT2D eigenvalue weighted by Crippen LogP contribution is -1.95. The van der Waals surface area contributed by atoms with Gasteiger partial charge in [0.1, 0.15) is 0 Å². The lowest BCUT2D eigenvalue weighted by molar-refractivity contribution is 0.337. The third kappa shape index (κ3) is 3.94. The molecule has 4 rings (SSSR count). The van der Waals surface area contributed by atoms with Crippen molar-refractivity contribution in [3.05, 3.63) is 65.5 Å². The van der Waals surface area contributed by atoms with Crippen molar-refractivity contribution in [2.24, 2.45) is 0 Å². The van der Waals surface area contributed by atoms with Crippen molar-refractivity contribution in [2.75, 3.05) is 6.61 Å². The van der Waals surface area contributed by atoms with Gasteiger partial charge in [0.05, 0.1) is 19.0 Å². The third-order valence-electron chi connectivity index (χ3n) is 5.46. The number of nitrogens with zero attached hydrogens (tertiary/aromatic N) is 2. The molecule has 1 aliphatic rings. The van der Waals surface area contributed by atoms with Crippen molar-refractivity contribution < 1.29 is 4.74 Å². The molecule has 0 aliphatic heterocycles. The Labute approximate surface area is 167 Å². The van der Waals surface area contributed by atoms with Crippen LogP contribution >= 0.6 is 0 Å². The summed E-state index contributed by atoms with van der Waals surface area (Å²) in [6.07, 6.45) is 10.9. The van der Waals surface area contributed by atoms with Crippen LogP contribution in [0.3, 0.4) is 0 Å². The monoisotopic (exact) mass is 372 g/mol. The Bertz CT molecular complexity index is 947. The van der Waals surface area contributed by atoms with Crippen LogP contribution in [0.15, 0.2) is 48.8 Å². The molecule has 3 heteroatoms. The van der Waals surface area contributed by atoms with E-state index in [4.69, 9.17) is 4.74 Å². The number of unbranched alkanes of at least 4 members (excludes halogenated alkanes) is 3. The minimum Gasteiger partial charge on any atom is -0.491 e. The van der Waals surface area contributed by atoms with Gasteiger partial charge in [0.25, 0.3) is 0 Å². The van der Waals surface area contributed by atoms with Gasteiger partial charge in [0.15, 0.2) is 11.6 Å². The molecule has 0 amide bonds. The number of ether oxygens (including phenoxy) is 1. The molecule has 0 unspecified atom stereocenters. The van der Waals surface area contributed by atoms with Gasteiger partial charge < -0.3 is 4.74 Å². The highest BCUT2D eigenvalue weighted by Crippen LogP contribution is 2.38. The minimum atomic E-state index is 0.625. The second kappa shape index (κ2) is 8.55. The SMILES string of the molecule is CCCCCCc1ccc2c(c1)Cc1cc(-c3ncc(OCC)cn3)ccc1-2. The first kappa shape index (κ1) is 18.7. The highest BCUT2D eigenvalue weighted by atomic mass is 16.5. The average molecular weight is 373 g/mol. The van der Waals surface area contributed by atoms with Crippen LogP contribution in [0.2, 0.25) is 0 Å². The van der Waals surface area contributed by atoms with Crippen molar-refractivity contribution in [2.45, 2.75) is 52.4 Å². The molecule has 144 valence electrons. The number of aryl methyl sites for hydroxylation is 1. The van der Waals surface area contributed by atoms with Crippen LogP contribution in [0, 0.1) is 0 Å². The molecular weight excluding hydrogens is 344 g/mol. The highest BCUT2D eigenvalue weighted by Gasteiger charge is 2.19. The molecule has 0 saturated carbocycles. The van der Waals surface area contributed by atoms with E-state index >= 15 is 0 Å². The Kier molecular flexibility index (Phi) is 5.70. The largest absolute Gasteiger partial charge is 0.491 e. The van der Waals surface area contributed by atoms with E-state index in [2.05, 4.69) is 53.3 Å². The number of hydrogen-bond acceptors (Lipinski definition) is 3. The lowest BCUT2D eigenvalue weighted by atomic mass is 10.00. The van der Waals surface area contributed by atoms with Crippen molar-refractivity contribution in [3.63, 3.8) is 0 Å². The van der Waals surface area contributed by atoms with E-state index in [1.807, 2.05) is 6.92 Å². The maximum absolute atomic E-state index is 5.44. The fourth-order valence-electron chi connectivity index (χ4n) is 4.02. The van der Waals surface area contributed by atoms with Gasteiger partial charge in [-0.2, -0.15) is 0 Å². The summed E-state index contributed by atoms with van der Waals surface area (Å²) in [6.45, 7) is 4.85. The first-order chi connectivity index (χ1) is 13.8. The molecule has 0 spiro atoms. The molecule has 3 nitrogen and oxygen atoms in total. The summed E-state index contributed by atoms with van der Waals surface area (Å²) in [7, 11) is 0. The molecule has 28 heavy (non-hydrogen) atoms. The van der Waals surface area contributed by atoms with Gasteiger partial charge in [-0.15, -0.1) is 0 Å². The van der Waals surface area contributed by atoms with Crippen LogP contribution < -0.4 is 4.74 Å². The van der Waals surface area contributed by atoms with Crippen LogP contribution in [0.5, 0.6) is 5.75 Å². The molecule has 2 aromatic carbocycles. The van der Waals surface area contributed by atoms with Gasteiger partial charge in [0, 0.05) is 5.56 Å². The molecule has 1 aliphatic carbocycles. The van der Waals surface area contributed by atoms with Gasteiger partial charge in [-0.25, -0.2) is 9.97 Å². The quantitative estimate of drug-likeness (QED) is 0.344. The predicted octanol–water partition coefficient (Wildman–Crippen LogP) is 6.24. The van der Waals surface area contributed by atoms with E-state index in [0.29, 0.717) is 12.4 Å². The zero-order valence-electron chi connectivity index (χ0n) is 16.9. The fraction of sp³-hybridized carbons (Fsp3) is 0.360. The number of hydrogen-bond donors (Lipinski definition) is 0.